The lowest BCUT2D eigenvalue weighted by Crippen LogP contribution is -2.19. The highest BCUT2D eigenvalue weighted by Crippen LogP contribution is 2.38. The summed E-state index contributed by atoms with van der Waals surface area (Å²) >= 11 is 0. The number of ether oxygens (including phenoxy) is 1. The molecular formula is C24H42O. The monoisotopic (exact) mass is 346 g/mol. The van der Waals surface area contributed by atoms with E-state index in [2.05, 4.69) is 67.5 Å². The van der Waals surface area contributed by atoms with E-state index in [1.165, 1.54) is 55.2 Å². The second kappa shape index (κ2) is 9.64. The largest absolute Gasteiger partial charge is 0.493 e. The number of benzene rings is 1. The van der Waals surface area contributed by atoms with Crippen molar-refractivity contribution in [2.75, 3.05) is 6.61 Å². The minimum Gasteiger partial charge on any atom is -0.493 e. The first-order valence-corrected chi connectivity index (χ1v) is 10.4. The van der Waals surface area contributed by atoms with Crippen LogP contribution >= 0.6 is 0 Å². The summed E-state index contributed by atoms with van der Waals surface area (Å²) in [5.41, 5.74) is 4.60. The lowest BCUT2D eigenvalue weighted by Gasteiger charge is -2.29. The highest BCUT2D eigenvalue weighted by atomic mass is 16.5. The Hall–Kier alpha value is -0.980. The molecule has 0 heterocycles. The zero-order chi connectivity index (χ0) is 19.1. The van der Waals surface area contributed by atoms with Gasteiger partial charge in [-0.1, -0.05) is 87.1 Å². The van der Waals surface area contributed by atoms with E-state index in [-0.39, 0.29) is 10.8 Å². The average molecular weight is 347 g/mol. The Balaban J connectivity index is 3.24. The van der Waals surface area contributed by atoms with Crippen molar-refractivity contribution in [2.24, 2.45) is 0 Å². The molecule has 0 saturated carbocycles. The van der Waals surface area contributed by atoms with Gasteiger partial charge in [0.25, 0.3) is 0 Å². The molecular weight excluding hydrogens is 304 g/mol. The molecule has 0 bridgehead atoms. The van der Waals surface area contributed by atoms with Gasteiger partial charge in [-0.25, -0.2) is 0 Å². The standard InChI is InChI=1S/C24H42O/c1-9-11-13-15-19-17-21(24(6,7)8)22(25-16-14-12-10-2)18-20(19)23(3,4)5/h17-18H,9-16H2,1-8H3. The number of rotatable bonds is 9. The van der Waals surface area contributed by atoms with Crippen molar-refractivity contribution in [2.45, 2.75) is 111 Å². The molecule has 0 aromatic heterocycles. The van der Waals surface area contributed by atoms with Crippen LogP contribution in [0.5, 0.6) is 5.75 Å². The van der Waals surface area contributed by atoms with Gasteiger partial charge in [-0.15, -0.1) is 0 Å². The molecule has 25 heavy (non-hydrogen) atoms. The molecule has 0 radical (unpaired) electrons. The van der Waals surface area contributed by atoms with E-state index in [1.807, 2.05) is 0 Å². The average Bonchev–Trinajstić information content (AvgIpc) is 2.50. The van der Waals surface area contributed by atoms with E-state index in [1.54, 1.807) is 0 Å². The van der Waals surface area contributed by atoms with Crippen molar-refractivity contribution in [3.05, 3.63) is 28.8 Å². The van der Waals surface area contributed by atoms with Crippen molar-refractivity contribution in [3.8, 4) is 5.75 Å². The van der Waals surface area contributed by atoms with Gasteiger partial charge in [0.05, 0.1) is 6.61 Å². The molecule has 0 N–H and O–H groups in total. The zero-order valence-corrected chi connectivity index (χ0v) is 18.2. The van der Waals surface area contributed by atoms with Gasteiger partial charge in [-0.3, -0.25) is 0 Å². The summed E-state index contributed by atoms with van der Waals surface area (Å²) in [5.74, 6) is 1.10. The van der Waals surface area contributed by atoms with E-state index < -0.39 is 0 Å². The van der Waals surface area contributed by atoms with Crippen molar-refractivity contribution in [1.82, 2.24) is 0 Å². The van der Waals surface area contributed by atoms with E-state index >= 15 is 0 Å². The van der Waals surface area contributed by atoms with E-state index in [4.69, 9.17) is 4.74 Å². The molecule has 1 aromatic rings. The minimum absolute atomic E-state index is 0.107. The Kier molecular flexibility index (Phi) is 8.51. The molecule has 0 aliphatic rings. The number of hydrogen-bond donors (Lipinski definition) is 0. The third kappa shape index (κ3) is 7.04. The lowest BCUT2D eigenvalue weighted by molar-refractivity contribution is 0.297. The van der Waals surface area contributed by atoms with E-state index in [9.17, 15) is 0 Å². The van der Waals surface area contributed by atoms with Crippen LogP contribution in [0.25, 0.3) is 0 Å². The molecule has 1 heteroatoms. The van der Waals surface area contributed by atoms with Gasteiger partial charge in [-0.2, -0.15) is 0 Å². The van der Waals surface area contributed by atoms with Crippen LogP contribution in [-0.2, 0) is 17.3 Å². The molecule has 1 nitrogen and oxygen atoms in total. The summed E-state index contributed by atoms with van der Waals surface area (Å²) < 4.78 is 6.28. The predicted molar refractivity (Wildman–Crippen MR) is 112 cm³/mol. The molecule has 1 aromatic carbocycles. The third-order valence-corrected chi connectivity index (χ3v) is 4.88. The Morgan fingerprint density at radius 2 is 1.28 bits per heavy atom. The van der Waals surface area contributed by atoms with Gasteiger partial charge < -0.3 is 4.74 Å². The molecule has 0 unspecified atom stereocenters. The van der Waals surface area contributed by atoms with Crippen LogP contribution in [0, 0.1) is 0 Å². The molecule has 0 atom stereocenters. The molecule has 0 aliphatic heterocycles. The highest BCUT2D eigenvalue weighted by Gasteiger charge is 2.25. The summed E-state index contributed by atoms with van der Waals surface area (Å²) in [7, 11) is 0. The van der Waals surface area contributed by atoms with Crippen LogP contribution in [0.1, 0.15) is 111 Å². The van der Waals surface area contributed by atoms with Crippen molar-refractivity contribution in [3.63, 3.8) is 0 Å². The Morgan fingerprint density at radius 1 is 0.720 bits per heavy atom. The van der Waals surface area contributed by atoms with E-state index in [0.29, 0.717) is 0 Å². The normalized spacial score (nSPS) is 12.5. The molecule has 0 aliphatic carbocycles. The van der Waals surface area contributed by atoms with Crippen molar-refractivity contribution >= 4 is 0 Å². The fourth-order valence-electron chi connectivity index (χ4n) is 3.33. The van der Waals surface area contributed by atoms with Crippen LogP contribution in [0.15, 0.2) is 12.1 Å². The quantitative estimate of drug-likeness (QED) is 0.419. The highest BCUT2D eigenvalue weighted by molar-refractivity contribution is 5.48. The molecule has 0 fully saturated rings. The van der Waals surface area contributed by atoms with Gasteiger partial charge >= 0.3 is 0 Å². The number of aryl methyl sites for hydroxylation is 1. The van der Waals surface area contributed by atoms with Crippen LogP contribution in [0.3, 0.4) is 0 Å². The van der Waals surface area contributed by atoms with Gasteiger partial charge in [0.1, 0.15) is 5.75 Å². The summed E-state index contributed by atoms with van der Waals surface area (Å²) in [6.45, 7) is 19.2. The number of unbranched alkanes of at least 4 members (excludes halogenated alkanes) is 4. The smallest absolute Gasteiger partial charge is 0.123 e. The second-order valence-corrected chi connectivity index (χ2v) is 9.52. The molecule has 0 amide bonds. The summed E-state index contributed by atoms with van der Waals surface area (Å²) in [6, 6.07) is 4.80. The molecule has 144 valence electrons. The maximum Gasteiger partial charge on any atom is 0.123 e. The predicted octanol–water partition coefficient (Wildman–Crippen LogP) is 7.58. The van der Waals surface area contributed by atoms with Crippen molar-refractivity contribution in [1.29, 1.82) is 0 Å². The van der Waals surface area contributed by atoms with Crippen LogP contribution in [0.4, 0.5) is 0 Å². The fourth-order valence-corrected chi connectivity index (χ4v) is 3.33. The number of hydrogen-bond acceptors (Lipinski definition) is 1. The Labute approximate surface area is 157 Å². The first kappa shape index (κ1) is 22.1. The van der Waals surface area contributed by atoms with Crippen LogP contribution in [-0.4, -0.2) is 6.61 Å². The second-order valence-electron chi connectivity index (χ2n) is 9.52. The fraction of sp³-hybridized carbons (Fsp3) is 0.750. The summed E-state index contributed by atoms with van der Waals surface area (Å²) in [6.07, 6.45) is 8.66. The van der Waals surface area contributed by atoms with E-state index in [0.717, 1.165) is 18.8 Å². The minimum atomic E-state index is 0.107. The van der Waals surface area contributed by atoms with Gasteiger partial charge in [-0.05, 0) is 52.8 Å². The lowest BCUT2D eigenvalue weighted by atomic mass is 9.77. The zero-order valence-electron chi connectivity index (χ0n) is 18.2. The molecule has 0 saturated heterocycles. The van der Waals surface area contributed by atoms with Crippen LogP contribution < -0.4 is 4.74 Å². The first-order valence-electron chi connectivity index (χ1n) is 10.4. The van der Waals surface area contributed by atoms with Gasteiger partial charge in [0, 0.05) is 0 Å². The summed E-state index contributed by atoms with van der Waals surface area (Å²) in [5, 5.41) is 0. The Bertz CT molecular complexity index is 514. The third-order valence-electron chi connectivity index (χ3n) is 4.88. The topological polar surface area (TPSA) is 9.23 Å². The maximum absolute atomic E-state index is 6.28. The van der Waals surface area contributed by atoms with Crippen LogP contribution in [0.2, 0.25) is 0 Å². The maximum atomic E-state index is 6.28. The molecule has 1 rings (SSSR count). The summed E-state index contributed by atoms with van der Waals surface area (Å²) in [4.78, 5) is 0. The Morgan fingerprint density at radius 3 is 1.80 bits per heavy atom. The van der Waals surface area contributed by atoms with Gasteiger partial charge in [0.2, 0.25) is 0 Å². The van der Waals surface area contributed by atoms with Crippen molar-refractivity contribution < 1.29 is 4.74 Å². The SMILES string of the molecule is CCCCCOc1cc(C(C)(C)C)c(CCCCC)cc1C(C)(C)C. The first-order chi connectivity index (χ1) is 11.6. The van der Waals surface area contributed by atoms with Gasteiger partial charge in [0.15, 0.2) is 0 Å². The molecule has 0 spiro atoms.